The van der Waals surface area contributed by atoms with Crippen molar-refractivity contribution in [1.82, 2.24) is 10.4 Å². The standard InChI is InChI=1S/C32H37F2N3O10/c1-15(2)25(32(46)47)37(36-28(40)18-11-19(30(42)43)13-20(12-18)31(44)45)29(41)24(26(38)17-6-4-3-5-7-17)27(39)23(35)10-16-8-21(33)14-22(34)9-16/h3-9,14-15,18-20,23-25,27,39H,10-13,35H2,1-2H3,(H,36,40)(H,42,43)(H,44,45)(H,46,47)/t18?,19-,20+,23-,24?,25-,27+/m0/s1. The van der Waals surface area contributed by atoms with E-state index in [1.807, 2.05) is 0 Å². The number of benzene rings is 2. The van der Waals surface area contributed by atoms with Gasteiger partial charge >= 0.3 is 17.9 Å². The summed E-state index contributed by atoms with van der Waals surface area (Å²) < 4.78 is 27.7. The van der Waals surface area contributed by atoms with E-state index in [4.69, 9.17) is 5.73 Å². The number of carboxylic acids is 3. The zero-order valence-electron chi connectivity index (χ0n) is 25.6. The largest absolute Gasteiger partial charge is 0.481 e. The summed E-state index contributed by atoms with van der Waals surface area (Å²) in [6, 6.07) is 6.29. The highest BCUT2D eigenvalue weighted by Gasteiger charge is 2.46. The Balaban J connectivity index is 2.06. The highest BCUT2D eigenvalue weighted by Crippen LogP contribution is 2.34. The monoisotopic (exact) mass is 661 g/mol. The molecule has 0 saturated heterocycles. The molecular weight excluding hydrogens is 624 g/mol. The van der Waals surface area contributed by atoms with Crippen LogP contribution >= 0.6 is 0 Å². The van der Waals surface area contributed by atoms with Gasteiger partial charge < -0.3 is 26.2 Å². The van der Waals surface area contributed by atoms with Crippen LogP contribution in [0.4, 0.5) is 8.78 Å². The van der Waals surface area contributed by atoms with Crippen molar-refractivity contribution >= 4 is 35.5 Å². The molecule has 7 atom stereocenters. The Bertz CT molecular complexity index is 1460. The maximum absolute atomic E-state index is 14.3. The van der Waals surface area contributed by atoms with Crippen molar-refractivity contribution in [1.29, 1.82) is 0 Å². The Morgan fingerprint density at radius 3 is 1.85 bits per heavy atom. The number of aliphatic carboxylic acids is 3. The van der Waals surface area contributed by atoms with Crippen molar-refractivity contribution in [2.24, 2.45) is 35.3 Å². The van der Waals surface area contributed by atoms with Crippen molar-refractivity contribution in [2.45, 2.75) is 57.7 Å². The minimum Gasteiger partial charge on any atom is -0.481 e. The predicted molar refractivity (Wildman–Crippen MR) is 159 cm³/mol. The molecule has 1 saturated carbocycles. The molecule has 13 nitrogen and oxygen atoms in total. The zero-order chi connectivity index (χ0) is 35.2. The topological polar surface area (TPSA) is 225 Å². The van der Waals surface area contributed by atoms with E-state index in [0.29, 0.717) is 11.1 Å². The number of aliphatic hydroxyl groups excluding tert-OH is 1. The molecule has 2 amide bonds. The Morgan fingerprint density at radius 1 is 0.872 bits per heavy atom. The number of rotatable bonds is 13. The van der Waals surface area contributed by atoms with Crippen molar-refractivity contribution in [3.05, 3.63) is 71.3 Å². The van der Waals surface area contributed by atoms with Gasteiger partial charge in [-0.1, -0.05) is 44.2 Å². The predicted octanol–water partition coefficient (Wildman–Crippen LogP) is 1.87. The number of aliphatic hydroxyl groups is 1. The minimum absolute atomic E-state index is 0.0126. The van der Waals surface area contributed by atoms with Gasteiger partial charge in [0.1, 0.15) is 17.6 Å². The first-order chi connectivity index (χ1) is 22.0. The Morgan fingerprint density at radius 2 is 1.38 bits per heavy atom. The molecule has 2 aromatic carbocycles. The lowest BCUT2D eigenvalue weighted by Gasteiger charge is -2.37. The molecule has 254 valence electrons. The molecule has 1 aliphatic carbocycles. The molecule has 0 spiro atoms. The summed E-state index contributed by atoms with van der Waals surface area (Å²) in [5.74, 6) is -16.4. The molecule has 2 aromatic rings. The molecule has 15 heteroatoms. The highest BCUT2D eigenvalue weighted by atomic mass is 19.1. The summed E-state index contributed by atoms with van der Waals surface area (Å²) in [5.41, 5.74) is 8.26. The van der Waals surface area contributed by atoms with Crippen LogP contribution in [0.2, 0.25) is 0 Å². The lowest BCUT2D eigenvalue weighted by molar-refractivity contribution is -0.163. The van der Waals surface area contributed by atoms with Gasteiger partial charge in [-0.25, -0.2) is 18.6 Å². The molecule has 0 bridgehead atoms. The number of hydrazine groups is 1. The molecule has 0 radical (unpaired) electrons. The minimum atomic E-state index is -2.14. The van der Waals surface area contributed by atoms with Crippen molar-refractivity contribution in [3.8, 4) is 0 Å². The van der Waals surface area contributed by atoms with Crippen LogP contribution in [0.5, 0.6) is 0 Å². The first-order valence-electron chi connectivity index (χ1n) is 14.8. The zero-order valence-corrected chi connectivity index (χ0v) is 25.6. The van der Waals surface area contributed by atoms with Crippen LogP contribution in [0, 0.1) is 41.2 Å². The Hall–Kier alpha value is -4.76. The summed E-state index contributed by atoms with van der Waals surface area (Å²) in [5, 5.41) is 41.0. The molecule has 1 fully saturated rings. The van der Waals surface area contributed by atoms with Crippen LogP contribution in [0.15, 0.2) is 48.5 Å². The maximum atomic E-state index is 14.3. The van der Waals surface area contributed by atoms with Gasteiger partial charge in [-0.3, -0.25) is 29.4 Å². The van der Waals surface area contributed by atoms with Crippen LogP contribution < -0.4 is 11.2 Å². The summed E-state index contributed by atoms with van der Waals surface area (Å²) in [6.07, 6.45) is -3.36. The molecule has 1 aliphatic rings. The van der Waals surface area contributed by atoms with E-state index in [-0.39, 0.29) is 30.4 Å². The van der Waals surface area contributed by atoms with Crippen molar-refractivity contribution in [2.75, 3.05) is 0 Å². The number of carbonyl (C=O) groups excluding carboxylic acids is 3. The average Bonchev–Trinajstić information content (AvgIpc) is 2.99. The number of ketones is 1. The first kappa shape index (κ1) is 36.7. The van der Waals surface area contributed by atoms with Crippen LogP contribution in [0.3, 0.4) is 0 Å². The van der Waals surface area contributed by atoms with Gasteiger partial charge in [-0.2, -0.15) is 0 Å². The number of nitrogens with two attached hydrogens (primary N) is 1. The summed E-state index contributed by atoms with van der Waals surface area (Å²) in [4.78, 5) is 77.5. The van der Waals surface area contributed by atoms with Gasteiger partial charge in [-0.05, 0) is 49.3 Å². The number of Topliss-reactive ketones (excluding diaryl/α,β-unsaturated/α-hetero) is 1. The van der Waals surface area contributed by atoms with Gasteiger partial charge in [0.25, 0.3) is 5.91 Å². The number of hydrogen-bond donors (Lipinski definition) is 6. The fourth-order valence-corrected chi connectivity index (χ4v) is 5.82. The second-order valence-electron chi connectivity index (χ2n) is 12.0. The maximum Gasteiger partial charge on any atom is 0.328 e. The highest BCUT2D eigenvalue weighted by molar-refractivity contribution is 6.11. The quantitative estimate of drug-likeness (QED) is 0.103. The molecule has 0 aromatic heterocycles. The van der Waals surface area contributed by atoms with E-state index in [2.05, 4.69) is 5.43 Å². The normalized spacial score (nSPS) is 20.4. The Kier molecular flexibility index (Phi) is 12.3. The third-order valence-electron chi connectivity index (χ3n) is 8.19. The van der Waals surface area contributed by atoms with Gasteiger partial charge in [0, 0.05) is 23.6 Å². The van der Waals surface area contributed by atoms with Gasteiger partial charge in [-0.15, -0.1) is 0 Å². The lowest BCUT2D eigenvalue weighted by Crippen LogP contribution is -2.62. The number of amides is 2. The lowest BCUT2D eigenvalue weighted by atomic mass is 9.75. The number of carbonyl (C=O) groups is 6. The third kappa shape index (κ3) is 9.16. The average molecular weight is 662 g/mol. The molecule has 0 aliphatic heterocycles. The van der Waals surface area contributed by atoms with E-state index < -0.39 is 101 Å². The fraction of sp³-hybridized carbons (Fsp3) is 0.438. The third-order valence-corrected chi connectivity index (χ3v) is 8.19. The van der Waals surface area contributed by atoms with E-state index in [1.54, 1.807) is 6.07 Å². The number of nitrogens with zero attached hydrogens (tertiary/aromatic N) is 1. The Labute approximate surface area is 268 Å². The summed E-state index contributed by atoms with van der Waals surface area (Å²) >= 11 is 0. The first-order valence-corrected chi connectivity index (χ1v) is 14.8. The van der Waals surface area contributed by atoms with Crippen LogP contribution in [-0.2, 0) is 30.4 Å². The summed E-state index contributed by atoms with van der Waals surface area (Å²) in [6.45, 7) is 2.81. The molecule has 3 rings (SSSR count). The fourth-order valence-electron chi connectivity index (χ4n) is 5.82. The second-order valence-corrected chi connectivity index (χ2v) is 12.0. The number of carboxylic acid groups (broad SMARTS) is 3. The molecular formula is C32H37F2N3O10. The number of halogens is 2. The smallest absolute Gasteiger partial charge is 0.328 e. The number of hydrogen-bond acceptors (Lipinski definition) is 8. The van der Waals surface area contributed by atoms with Crippen molar-refractivity contribution in [3.63, 3.8) is 0 Å². The molecule has 2 unspecified atom stereocenters. The van der Waals surface area contributed by atoms with Crippen LogP contribution in [0.1, 0.15) is 49.0 Å². The van der Waals surface area contributed by atoms with Crippen molar-refractivity contribution < 1.29 is 58.0 Å². The van der Waals surface area contributed by atoms with Gasteiger partial charge in [0.15, 0.2) is 11.8 Å². The van der Waals surface area contributed by atoms with E-state index >= 15 is 0 Å². The van der Waals surface area contributed by atoms with Gasteiger partial charge in [0.05, 0.1) is 17.9 Å². The molecule has 47 heavy (non-hydrogen) atoms. The van der Waals surface area contributed by atoms with Gasteiger partial charge in [0.2, 0.25) is 5.91 Å². The van der Waals surface area contributed by atoms with E-state index in [0.717, 1.165) is 12.1 Å². The molecule has 7 N–H and O–H groups in total. The van der Waals surface area contributed by atoms with E-state index in [1.165, 1.54) is 38.1 Å². The second kappa shape index (κ2) is 15.7. The van der Waals surface area contributed by atoms with E-state index in [9.17, 15) is 58.0 Å². The summed E-state index contributed by atoms with van der Waals surface area (Å²) in [7, 11) is 0. The van der Waals surface area contributed by atoms with Crippen LogP contribution in [0.25, 0.3) is 0 Å². The number of nitrogens with one attached hydrogen (secondary N) is 1. The van der Waals surface area contributed by atoms with Crippen LogP contribution in [-0.4, -0.2) is 79.1 Å². The molecule has 0 heterocycles. The SMILES string of the molecule is CC(C)[C@@H](C(=O)O)N(NC(=O)C1C[C@@H](C(=O)O)C[C@@H](C(=O)O)C1)C(=O)C(C(=O)c1ccccc1)[C@H](O)[C@@H](N)Cc1cc(F)cc(F)c1.